The fraction of sp³-hybridized carbons (Fsp3) is 0.333. The van der Waals surface area contributed by atoms with Gasteiger partial charge < -0.3 is 10.5 Å². The minimum atomic E-state index is -1.08. The summed E-state index contributed by atoms with van der Waals surface area (Å²) in [4.78, 5) is 20.6. The van der Waals surface area contributed by atoms with E-state index in [2.05, 4.69) is 10.5 Å². The van der Waals surface area contributed by atoms with Gasteiger partial charge in [-0.3, -0.25) is 0 Å². The highest BCUT2D eigenvalue weighted by Crippen LogP contribution is 1.94. The molecule has 0 saturated carbocycles. The number of nitrogens with two attached hydrogens (primary N) is 1. The monoisotopic (exact) mass is 143 g/mol. The van der Waals surface area contributed by atoms with Crippen molar-refractivity contribution in [2.45, 2.75) is 13.8 Å². The molecule has 0 spiro atoms. The van der Waals surface area contributed by atoms with E-state index in [9.17, 15) is 9.59 Å². The Labute approximate surface area is 58.7 Å². The average molecular weight is 143 g/mol. The van der Waals surface area contributed by atoms with Gasteiger partial charge >= 0.3 is 12.1 Å². The Hall–Kier alpha value is -1.32. The number of allylic oxidation sites excluding steroid dienone is 1. The molecule has 0 aliphatic rings. The lowest BCUT2D eigenvalue weighted by Gasteiger charge is -1.96. The van der Waals surface area contributed by atoms with Crippen LogP contribution in [-0.4, -0.2) is 12.1 Å². The van der Waals surface area contributed by atoms with Crippen molar-refractivity contribution in [1.29, 1.82) is 0 Å². The van der Waals surface area contributed by atoms with Crippen LogP contribution < -0.4 is 5.73 Å². The highest BCUT2D eigenvalue weighted by molar-refractivity contribution is 5.94. The van der Waals surface area contributed by atoms with Gasteiger partial charge in [-0.05, 0) is 13.8 Å². The molecule has 0 aliphatic carbocycles. The molecule has 0 unspecified atom stereocenters. The maximum atomic E-state index is 10.6. The molecule has 4 nitrogen and oxygen atoms in total. The molecule has 2 N–H and O–H groups in total. The van der Waals surface area contributed by atoms with Gasteiger partial charge in [-0.25, -0.2) is 9.59 Å². The molecule has 0 aliphatic heterocycles. The first kappa shape index (κ1) is 8.68. The van der Waals surface area contributed by atoms with Gasteiger partial charge in [-0.2, -0.15) is 0 Å². The predicted molar refractivity (Wildman–Crippen MR) is 35.1 cm³/mol. The molecule has 0 atom stereocenters. The number of esters is 1. The zero-order chi connectivity index (χ0) is 8.15. The summed E-state index contributed by atoms with van der Waals surface area (Å²) in [6.07, 6.45) is 0.455. The van der Waals surface area contributed by atoms with Crippen molar-refractivity contribution in [3.05, 3.63) is 11.6 Å². The van der Waals surface area contributed by atoms with Gasteiger partial charge in [-0.15, -0.1) is 0 Å². The third-order valence-corrected chi connectivity index (χ3v) is 0.948. The largest absolute Gasteiger partial charge is 0.412 e. The highest BCUT2D eigenvalue weighted by atomic mass is 16.6. The Morgan fingerprint density at radius 1 is 1.50 bits per heavy atom. The number of hydrogen-bond acceptors (Lipinski definition) is 3. The van der Waals surface area contributed by atoms with E-state index >= 15 is 0 Å². The molecule has 10 heavy (non-hydrogen) atoms. The van der Waals surface area contributed by atoms with Crippen molar-refractivity contribution < 1.29 is 14.3 Å². The van der Waals surface area contributed by atoms with Gasteiger partial charge in [0, 0.05) is 5.57 Å². The first-order valence-electron chi connectivity index (χ1n) is 2.72. The number of carbonyl (C=O) groups is 2. The zero-order valence-corrected chi connectivity index (χ0v) is 5.88. The molecule has 0 saturated heterocycles. The van der Waals surface area contributed by atoms with Gasteiger partial charge in [0.2, 0.25) is 0 Å². The number of ether oxygens (including phenoxy) is 1. The SMILES string of the molecule is CC=C(C)C(=O)OC(N)=O. The molecule has 0 bridgehead atoms. The summed E-state index contributed by atoms with van der Waals surface area (Å²) in [6.45, 7) is 3.20. The summed E-state index contributed by atoms with van der Waals surface area (Å²) in [7, 11) is 0. The van der Waals surface area contributed by atoms with Crippen LogP contribution in [0.25, 0.3) is 0 Å². The van der Waals surface area contributed by atoms with E-state index in [0.717, 1.165) is 0 Å². The lowest BCUT2D eigenvalue weighted by molar-refractivity contribution is -0.132. The quantitative estimate of drug-likeness (QED) is 0.331. The van der Waals surface area contributed by atoms with E-state index in [0.29, 0.717) is 5.57 Å². The Balaban J connectivity index is 3.99. The molecule has 0 aromatic carbocycles. The van der Waals surface area contributed by atoms with E-state index in [1.54, 1.807) is 6.92 Å². The van der Waals surface area contributed by atoms with Gasteiger partial charge in [0.1, 0.15) is 0 Å². The van der Waals surface area contributed by atoms with Gasteiger partial charge in [0.25, 0.3) is 0 Å². The van der Waals surface area contributed by atoms with Crippen LogP contribution in [-0.2, 0) is 9.53 Å². The van der Waals surface area contributed by atoms with Crippen LogP contribution in [0.15, 0.2) is 11.6 Å². The van der Waals surface area contributed by atoms with Crippen LogP contribution in [0.3, 0.4) is 0 Å². The summed E-state index contributed by atoms with van der Waals surface area (Å²) in [6, 6.07) is 0. The zero-order valence-electron chi connectivity index (χ0n) is 5.88. The molecule has 0 fully saturated rings. The fourth-order valence-corrected chi connectivity index (χ4v) is 0.290. The molecule has 4 heteroatoms. The van der Waals surface area contributed by atoms with Crippen LogP contribution in [0.5, 0.6) is 0 Å². The van der Waals surface area contributed by atoms with Crippen molar-refractivity contribution in [1.82, 2.24) is 0 Å². The summed E-state index contributed by atoms with van der Waals surface area (Å²) >= 11 is 0. The number of hydrogen-bond donors (Lipinski definition) is 1. The van der Waals surface area contributed by atoms with Crippen molar-refractivity contribution >= 4 is 12.1 Å². The molecular weight excluding hydrogens is 134 g/mol. The first-order valence-corrected chi connectivity index (χ1v) is 2.72. The van der Waals surface area contributed by atoms with Crippen LogP contribution in [0, 0.1) is 0 Å². The Bertz CT molecular complexity index is 183. The van der Waals surface area contributed by atoms with Crippen LogP contribution in [0.2, 0.25) is 0 Å². The smallest absolute Gasteiger partial charge is 0.373 e. The topological polar surface area (TPSA) is 69.4 Å². The Morgan fingerprint density at radius 2 is 2.00 bits per heavy atom. The minimum absolute atomic E-state index is 0.360. The fourth-order valence-electron chi connectivity index (χ4n) is 0.290. The predicted octanol–water partition coefficient (Wildman–Crippen LogP) is 0.575. The standard InChI is InChI=1S/C6H9NO3/c1-3-4(2)5(8)10-6(7)9/h3H,1-2H3,(H2,7,9). The number of rotatable bonds is 1. The molecule has 0 aromatic heterocycles. The second-order valence-corrected chi connectivity index (χ2v) is 1.68. The molecule has 56 valence electrons. The van der Waals surface area contributed by atoms with Crippen molar-refractivity contribution in [2.24, 2.45) is 5.73 Å². The number of carbonyl (C=O) groups excluding carboxylic acids is 2. The Morgan fingerprint density at radius 3 is 2.30 bits per heavy atom. The third kappa shape index (κ3) is 2.86. The second kappa shape index (κ2) is 3.66. The number of primary amides is 1. The van der Waals surface area contributed by atoms with Crippen molar-refractivity contribution in [2.75, 3.05) is 0 Å². The van der Waals surface area contributed by atoms with Gasteiger partial charge in [-0.1, -0.05) is 6.08 Å². The maximum absolute atomic E-state index is 10.6. The Kier molecular flexibility index (Phi) is 3.17. The third-order valence-electron chi connectivity index (χ3n) is 0.948. The van der Waals surface area contributed by atoms with Crippen LogP contribution >= 0.6 is 0 Å². The maximum Gasteiger partial charge on any atom is 0.412 e. The van der Waals surface area contributed by atoms with Crippen LogP contribution in [0.1, 0.15) is 13.8 Å². The summed E-state index contributed by atoms with van der Waals surface area (Å²) in [5.74, 6) is -0.699. The lowest BCUT2D eigenvalue weighted by Crippen LogP contribution is -2.18. The minimum Gasteiger partial charge on any atom is -0.373 e. The molecule has 0 heterocycles. The molecular formula is C6H9NO3. The summed E-state index contributed by atoms with van der Waals surface area (Å²) in [5.41, 5.74) is 4.94. The van der Waals surface area contributed by atoms with Crippen LogP contribution in [0.4, 0.5) is 4.79 Å². The normalized spacial score (nSPS) is 10.8. The van der Waals surface area contributed by atoms with Crippen molar-refractivity contribution in [3.8, 4) is 0 Å². The van der Waals surface area contributed by atoms with E-state index in [1.807, 2.05) is 0 Å². The van der Waals surface area contributed by atoms with E-state index in [4.69, 9.17) is 0 Å². The van der Waals surface area contributed by atoms with E-state index < -0.39 is 12.1 Å². The molecule has 0 aromatic rings. The van der Waals surface area contributed by atoms with Gasteiger partial charge in [0.15, 0.2) is 0 Å². The van der Waals surface area contributed by atoms with E-state index in [1.165, 1.54) is 13.0 Å². The highest BCUT2D eigenvalue weighted by Gasteiger charge is 2.06. The first-order chi connectivity index (χ1) is 4.57. The molecule has 0 rings (SSSR count). The summed E-state index contributed by atoms with van der Waals surface area (Å²) < 4.78 is 4.03. The molecule has 1 amide bonds. The second-order valence-electron chi connectivity index (χ2n) is 1.68. The summed E-state index contributed by atoms with van der Waals surface area (Å²) in [5, 5.41) is 0. The van der Waals surface area contributed by atoms with E-state index in [-0.39, 0.29) is 0 Å². The van der Waals surface area contributed by atoms with Crippen molar-refractivity contribution in [3.63, 3.8) is 0 Å². The lowest BCUT2D eigenvalue weighted by atomic mass is 10.3. The average Bonchev–Trinajstić information content (AvgIpc) is 1.85. The van der Waals surface area contributed by atoms with Gasteiger partial charge in [0.05, 0.1) is 0 Å². The molecule has 0 radical (unpaired) electrons. The number of amides is 1.